The molecule has 5 nitrogen and oxygen atoms in total. The molecule has 1 aliphatic rings. The Morgan fingerprint density at radius 1 is 1.10 bits per heavy atom. The minimum atomic E-state index is -3.67. The van der Waals surface area contributed by atoms with Crippen molar-refractivity contribution in [1.29, 1.82) is 0 Å². The molecule has 1 aliphatic heterocycles. The van der Waals surface area contributed by atoms with Gasteiger partial charge in [-0.05, 0) is 47.0 Å². The average Bonchev–Trinajstić information content (AvgIpc) is 2.37. The quantitative estimate of drug-likeness (QED) is 0.880. The van der Waals surface area contributed by atoms with E-state index in [2.05, 4.69) is 15.9 Å². The van der Waals surface area contributed by atoms with E-state index in [4.69, 9.17) is 5.11 Å². The molecule has 7 heteroatoms. The van der Waals surface area contributed by atoms with E-state index in [-0.39, 0.29) is 10.5 Å². The summed E-state index contributed by atoms with van der Waals surface area (Å²) in [5.74, 6) is -1.13. The van der Waals surface area contributed by atoms with E-state index in [0.717, 1.165) is 32.1 Å². The van der Waals surface area contributed by atoms with Crippen LogP contribution in [0, 0.1) is 0 Å². The first kappa shape index (κ1) is 16.5. The van der Waals surface area contributed by atoms with Crippen LogP contribution in [0.4, 0.5) is 0 Å². The van der Waals surface area contributed by atoms with Crippen molar-refractivity contribution in [1.82, 2.24) is 4.31 Å². The third kappa shape index (κ3) is 3.84. The molecule has 21 heavy (non-hydrogen) atoms. The molecule has 2 rings (SSSR count). The molecule has 1 fully saturated rings. The number of carboxylic acid groups (broad SMARTS) is 1. The van der Waals surface area contributed by atoms with Crippen LogP contribution < -0.4 is 0 Å². The van der Waals surface area contributed by atoms with Gasteiger partial charge >= 0.3 is 5.97 Å². The van der Waals surface area contributed by atoms with Crippen molar-refractivity contribution in [2.24, 2.45) is 0 Å². The maximum Gasteiger partial charge on any atom is 0.335 e. The number of rotatable bonds is 3. The Morgan fingerprint density at radius 2 is 1.67 bits per heavy atom. The highest BCUT2D eigenvalue weighted by Gasteiger charge is 2.27. The van der Waals surface area contributed by atoms with Gasteiger partial charge in [0.25, 0.3) is 0 Å². The summed E-state index contributed by atoms with van der Waals surface area (Å²) in [5, 5.41) is 9.03. The Labute approximate surface area is 133 Å². The lowest BCUT2D eigenvalue weighted by molar-refractivity contribution is 0.0696. The molecule has 0 aliphatic carbocycles. The molecule has 0 aromatic heterocycles. The average molecular weight is 376 g/mol. The van der Waals surface area contributed by atoms with Crippen molar-refractivity contribution in [3.63, 3.8) is 0 Å². The van der Waals surface area contributed by atoms with Crippen LogP contribution in [-0.4, -0.2) is 36.9 Å². The van der Waals surface area contributed by atoms with E-state index in [9.17, 15) is 13.2 Å². The molecule has 0 amide bonds. The molecular weight excluding hydrogens is 358 g/mol. The van der Waals surface area contributed by atoms with Gasteiger partial charge in [0.2, 0.25) is 10.0 Å². The van der Waals surface area contributed by atoms with Crippen molar-refractivity contribution in [3.05, 3.63) is 28.2 Å². The summed E-state index contributed by atoms with van der Waals surface area (Å²) in [7, 11) is -3.67. The van der Waals surface area contributed by atoms with Crippen LogP contribution in [0.2, 0.25) is 0 Å². The number of nitrogens with zero attached hydrogens (tertiary/aromatic N) is 1. The van der Waals surface area contributed by atoms with Gasteiger partial charge in [-0.25, -0.2) is 13.2 Å². The van der Waals surface area contributed by atoms with Gasteiger partial charge < -0.3 is 5.11 Å². The zero-order valence-corrected chi connectivity index (χ0v) is 14.0. The van der Waals surface area contributed by atoms with E-state index >= 15 is 0 Å². The number of hydrogen-bond donors (Lipinski definition) is 1. The summed E-state index contributed by atoms with van der Waals surface area (Å²) < 4.78 is 27.4. The molecule has 0 radical (unpaired) electrons. The molecule has 0 saturated carbocycles. The van der Waals surface area contributed by atoms with Crippen LogP contribution in [-0.2, 0) is 10.0 Å². The van der Waals surface area contributed by atoms with Crippen LogP contribution in [0.3, 0.4) is 0 Å². The zero-order valence-electron chi connectivity index (χ0n) is 11.6. The summed E-state index contributed by atoms with van der Waals surface area (Å²) in [4.78, 5) is 11.1. The van der Waals surface area contributed by atoms with E-state index in [1.165, 1.54) is 22.5 Å². The second-order valence-corrected chi connectivity index (χ2v) is 7.88. The van der Waals surface area contributed by atoms with Crippen LogP contribution in [0.5, 0.6) is 0 Å². The highest BCUT2D eigenvalue weighted by molar-refractivity contribution is 9.10. The summed E-state index contributed by atoms with van der Waals surface area (Å²) in [6.45, 7) is 0.984. The number of hydrogen-bond acceptors (Lipinski definition) is 3. The first-order chi connectivity index (χ1) is 9.93. The predicted molar refractivity (Wildman–Crippen MR) is 82.9 cm³/mol. The smallest absolute Gasteiger partial charge is 0.335 e. The number of sulfonamides is 1. The molecule has 0 atom stereocenters. The molecule has 116 valence electrons. The first-order valence-electron chi connectivity index (χ1n) is 6.96. The van der Waals surface area contributed by atoms with Crippen molar-refractivity contribution < 1.29 is 18.3 Å². The van der Waals surface area contributed by atoms with Crippen LogP contribution in [0.1, 0.15) is 42.5 Å². The summed E-state index contributed by atoms with van der Waals surface area (Å²) in [6, 6.07) is 4.08. The van der Waals surface area contributed by atoms with Crippen molar-refractivity contribution in [2.45, 2.75) is 37.0 Å². The fourth-order valence-electron chi connectivity index (χ4n) is 2.43. The molecule has 1 heterocycles. The zero-order chi connectivity index (χ0) is 15.5. The molecule has 0 spiro atoms. The van der Waals surface area contributed by atoms with Crippen molar-refractivity contribution >= 4 is 31.9 Å². The van der Waals surface area contributed by atoms with Crippen molar-refractivity contribution in [3.8, 4) is 0 Å². The fraction of sp³-hybridized carbons (Fsp3) is 0.500. The number of carboxylic acids is 1. The third-order valence-electron chi connectivity index (χ3n) is 3.61. The van der Waals surface area contributed by atoms with E-state index in [1.807, 2.05) is 0 Å². The standard InChI is InChI=1S/C14H18BrNO4S/c15-12-7-6-11(14(17)18)10-13(12)21(19,20)16-8-4-2-1-3-5-9-16/h6-7,10H,1-5,8-9H2,(H,17,18). The normalized spacial score (nSPS) is 18.0. The maximum atomic E-state index is 12.8. The van der Waals surface area contributed by atoms with E-state index in [1.54, 1.807) is 0 Å². The van der Waals surface area contributed by atoms with Crippen LogP contribution in [0.15, 0.2) is 27.6 Å². The number of benzene rings is 1. The summed E-state index contributed by atoms with van der Waals surface area (Å²) in [5.41, 5.74) is -0.0242. The van der Waals surface area contributed by atoms with E-state index in [0.29, 0.717) is 17.6 Å². The topological polar surface area (TPSA) is 74.7 Å². The van der Waals surface area contributed by atoms with Crippen LogP contribution >= 0.6 is 15.9 Å². The predicted octanol–water partition coefficient (Wildman–Crippen LogP) is 3.10. The molecule has 1 N–H and O–H groups in total. The van der Waals surface area contributed by atoms with Crippen molar-refractivity contribution in [2.75, 3.05) is 13.1 Å². The highest BCUT2D eigenvalue weighted by Crippen LogP contribution is 2.27. The fourth-order valence-corrected chi connectivity index (χ4v) is 4.90. The monoisotopic (exact) mass is 375 g/mol. The largest absolute Gasteiger partial charge is 0.478 e. The Hall–Kier alpha value is -0.920. The van der Waals surface area contributed by atoms with Gasteiger partial charge in [-0.2, -0.15) is 4.31 Å². The van der Waals surface area contributed by atoms with Gasteiger partial charge in [0, 0.05) is 17.6 Å². The Balaban J connectivity index is 2.37. The van der Waals surface area contributed by atoms with Gasteiger partial charge in [0.15, 0.2) is 0 Å². The highest BCUT2D eigenvalue weighted by atomic mass is 79.9. The lowest BCUT2D eigenvalue weighted by Gasteiger charge is -2.24. The summed E-state index contributed by atoms with van der Waals surface area (Å²) in [6.07, 6.45) is 4.89. The first-order valence-corrected chi connectivity index (χ1v) is 9.19. The SMILES string of the molecule is O=C(O)c1ccc(Br)c(S(=O)(=O)N2CCCCCCC2)c1. The molecule has 0 bridgehead atoms. The third-order valence-corrected chi connectivity index (χ3v) is 6.50. The van der Waals surface area contributed by atoms with E-state index < -0.39 is 16.0 Å². The van der Waals surface area contributed by atoms with Gasteiger partial charge in [0.1, 0.15) is 0 Å². The molecule has 1 saturated heterocycles. The van der Waals surface area contributed by atoms with Gasteiger partial charge in [0.05, 0.1) is 10.5 Å². The van der Waals surface area contributed by atoms with Gasteiger partial charge in [-0.3, -0.25) is 0 Å². The lowest BCUT2D eigenvalue weighted by Crippen LogP contribution is -2.34. The molecule has 0 unspecified atom stereocenters. The van der Waals surface area contributed by atoms with Gasteiger partial charge in [-0.15, -0.1) is 0 Å². The summed E-state index contributed by atoms with van der Waals surface area (Å²) >= 11 is 3.22. The number of carbonyl (C=O) groups is 1. The molecule has 1 aromatic rings. The minimum absolute atomic E-state index is 0.0242. The molecule has 1 aromatic carbocycles. The minimum Gasteiger partial charge on any atom is -0.478 e. The number of halogens is 1. The second kappa shape index (κ2) is 6.89. The Morgan fingerprint density at radius 3 is 2.24 bits per heavy atom. The Kier molecular flexibility index (Phi) is 5.40. The number of aromatic carboxylic acids is 1. The maximum absolute atomic E-state index is 12.8. The van der Waals surface area contributed by atoms with Crippen LogP contribution in [0.25, 0.3) is 0 Å². The molecular formula is C14H18BrNO4S. The lowest BCUT2D eigenvalue weighted by atomic mass is 10.1. The second-order valence-electron chi connectivity index (χ2n) is 5.12. The van der Waals surface area contributed by atoms with Gasteiger partial charge in [-0.1, -0.05) is 19.3 Å². The Bertz CT molecular complexity index is 622.